The molecule has 1 aromatic heterocycles. The lowest BCUT2D eigenvalue weighted by molar-refractivity contribution is -0.114. The highest BCUT2D eigenvalue weighted by Gasteiger charge is 2.19. The molecule has 1 heterocycles. The van der Waals surface area contributed by atoms with E-state index in [0.29, 0.717) is 39.7 Å². The van der Waals surface area contributed by atoms with Crippen molar-refractivity contribution in [2.75, 3.05) is 30.6 Å². The molecule has 0 bridgehead atoms. The molecule has 11 nitrogen and oxygen atoms in total. The first-order chi connectivity index (χ1) is 23.7. The second-order valence-corrected chi connectivity index (χ2v) is 11.8. The number of ether oxygens (including phenoxy) is 2. The van der Waals surface area contributed by atoms with Crippen LogP contribution in [-0.2, 0) is 16.6 Å². The van der Waals surface area contributed by atoms with Crippen LogP contribution in [-0.4, -0.2) is 47.1 Å². The Morgan fingerprint density at radius 3 is 2.16 bits per heavy atom. The quantitative estimate of drug-likeness (QED) is 0.115. The second kappa shape index (κ2) is 15.7. The number of hydrogen-bond donors (Lipinski definition) is 3. The summed E-state index contributed by atoms with van der Waals surface area (Å²) in [6.07, 6.45) is 1.53. The molecule has 0 saturated carbocycles. The maximum Gasteiger partial charge on any atom is 0.295 e. The van der Waals surface area contributed by atoms with Gasteiger partial charge >= 0.3 is 0 Å². The van der Waals surface area contributed by atoms with Crippen LogP contribution in [0.5, 0.6) is 11.5 Å². The van der Waals surface area contributed by atoms with Gasteiger partial charge in [-0.25, -0.2) is 4.68 Å². The molecule has 0 aliphatic rings. The Balaban J connectivity index is 1.26. The number of anilines is 2. The monoisotopic (exact) mass is 677 g/mol. The molecule has 49 heavy (non-hydrogen) atoms. The van der Waals surface area contributed by atoms with Crippen LogP contribution in [0.1, 0.15) is 21.6 Å². The van der Waals surface area contributed by atoms with Crippen LogP contribution in [0.2, 0.25) is 0 Å². The normalized spacial score (nSPS) is 11.1. The number of carbonyl (C=O) groups excluding carboxylic acids is 3. The SMILES string of the molecule is COc1ccc(/C=C(\NC(=O)c2ccccc2)C(=O)Nc2ccc(SCC(=O)Nc3c(C)n(C)n(-c4ccccc4)c3=O)cc2)c(OC)c1. The standard InChI is InChI=1S/C37H35N5O6S/c1-24-34(37(46)42(41(24)2)28-13-9-6-10-14-28)40-33(43)23-49-30-19-16-27(17-20-30)38-36(45)31(39-35(44)25-11-7-5-8-12-25)21-26-15-18-29(47-3)22-32(26)48-4/h5-22H,23H2,1-4H3,(H,38,45)(H,39,44)(H,40,43)/b31-21-. The van der Waals surface area contributed by atoms with Gasteiger partial charge in [-0.05, 0) is 73.7 Å². The average molecular weight is 678 g/mol. The Morgan fingerprint density at radius 1 is 0.837 bits per heavy atom. The Kier molecular flexibility index (Phi) is 11.0. The van der Waals surface area contributed by atoms with E-state index < -0.39 is 11.8 Å². The fraction of sp³-hybridized carbons (Fsp3) is 0.135. The lowest BCUT2D eigenvalue weighted by Gasteiger charge is -2.13. The number of benzene rings is 4. The molecule has 0 spiro atoms. The van der Waals surface area contributed by atoms with Crippen molar-refractivity contribution in [3.05, 3.63) is 136 Å². The first-order valence-corrected chi connectivity index (χ1v) is 16.1. The maximum absolute atomic E-state index is 13.5. The van der Waals surface area contributed by atoms with E-state index in [9.17, 15) is 19.2 Å². The van der Waals surface area contributed by atoms with E-state index in [1.165, 1.54) is 36.7 Å². The zero-order valence-electron chi connectivity index (χ0n) is 27.4. The number of aromatic nitrogens is 2. The molecule has 4 aromatic carbocycles. The average Bonchev–Trinajstić information content (AvgIpc) is 3.34. The largest absolute Gasteiger partial charge is 0.497 e. The highest BCUT2D eigenvalue weighted by molar-refractivity contribution is 8.00. The van der Waals surface area contributed by atoms with Gasteiger partial charge in [0.1, 0.15) is 22.9 Å². The summed E-state index contributed by atoms with van der Waals surface area (Å²) in [5.74, 6) is -0.247. The summed E-state index contributed by atoms with van der Waals surface area (Å²) in [4.78, 5) is 53.3. The van der Waals surface area contributed by atoms with Crippen LogP contribution in [0.4, 0.5) is 11.4 Å². The molecule has 0 fully saturated rings. The van der Waals surface area contributed by atoms with E-state index in [0.717, 1.165) is 4.90 Å². The van der Waals surface area contributed by atoms with Gasteiger partial charge in [-0.2, -0.15) is 0 Å². The van der Waals surface area contributed by atoms with Crippen LogP contribution >= 0.6 is 11.8 Å². The molecule has 0 radical (unpaired) electrons. The van der Waals surface area contributed by atoms with E-state index in [1.54, 1.807) is 91.4 Å². The fourth-order valence-corrected chi connectivity index (χ4v) is 5.60. The Bertz CT molecular complexity index is 2060. The molecule has 0 unspecified atom stereocenters. The molecule has 0 atom stereocenters. The predicted molar refractivity (Wildman–Crippen MR) is 192 cm³/mol. The second-order valence-electron chi connectivity index (χ2n) is 10.7. The van der Waals surface area contributed by atoms with Crippen molar-refractivity contribution >= 4 is 46.9 Å². The topological polar surface area (TPSA) is 133 Å². The maximum atomic E-state index is 13.5. The molecule has 250 valence electrons. The lowest BCUT2D eigenvalue weighted by Crippen LogP contribution is -2.30. The van der Waals surface area contributed by atoms with E-state index >= 15 is 0 Å². The number of para-hydroxylation sites is 1. The summed E-state index contributed by atoms with van der Waals surface area (Å²) in [5.41, 5.74) is 2.65. The minimum Gasteiger partial charge on any atom is -0.497 e. The Morgan fingerprint density at radius 2 is 1.51 bits per heavy atom. The third kappa shape index (κ3) is 8.29. The number of thioether (sulfide) groups is 1. The molecule has 0 aliphatic carbocycles. The van der Waals surface area contributed by atoms with Gasteiger partial charge in [0.2, 0.25) is 5.91 Å². The van der Waals surface area contributed by atoms with E-state index in [1.807, 2.05) is 30.3 Å². The third-order valence-electron chi connectivity index (χ3n) is 7.57. The zero-order valence-corrected chi connectivity index (χ0v) is 28.2. The first kappa shape index (κ1) is 34.3. The van der Waals surface area contributed by atoms with Gasteiger partial charge in [0.25, 0.3) is 17.4 Å². The van der Waals surface area contributed by atoms with Gasteiger partial charge in [-0.15, -0.1) is 11.8 Å². The Labute approximate surface area is 287 Å². The number of carbonyl (C=O) groups is 3. The van der Waals surface area contributed by atoms with Crippen LogP contribution in [0.3, 0.4) is 0 Å². The van der Waals surface area contributed by atoms with Crippen LogP contribution in [0.15, 0.2) is 119 Å². The molecule has 12 heteroatoms. The molecule has 0 aliphatic heterocycles. The lowest BCUT2D eigenvalue weighted by atomic mass is 10.1. The van der Waals surface area contributed by atoms with E-state index in [2.05, 4.69) is 16.0 Å². The van der Waals surface area contributed by atoms with Gasteiger partial charge in [0.15, 0.2) is 0 Å². The van der Waals surface area contributed by atoms with Crippen molar-refractivity contribution in [3.63, 3.8) is 0 Å². The summed E-state index contributed by atoms with van der Waals surface area (Å²) in [7, 11) is 4.81. The van der Waals surface area contributed by atoms with Gasteiger partial charge in [-0.1, -0.05) is 36.4 Å². The Hall–Kier alpha value is -6.01. The van der Waals surface area contributed by atoms with Gasteiger partial charge in [0, 0.05) is 34.8 Å². The van der Waals surface area contributed by atoms with E-state index in [-0.39, 0.29) is 28.6 Å². The van der Waals surface area contributed by atoms with Gasteiger partial charge < -0.3 is 25.4 Å². The molecule has 3 amide bonds. The highest BCUT2D eigenvalue weighted by atomic mass is 32.2. The van der Waals surface area contributed by atoms with Crippen molar-refractivity contribution in [2.24, 2.45) is 7.05 Å². The van der Waals surface area contributed by atoms with E-state index in [4.69, 9.17) is 9.47 Å². The summed E-state index contributed by atoms with van der Waals surface area (Å²) >= 11 is 1.28. The number of nitrogens with zero attached hydrogens (tertiary/aromatic N) is 2. The number of hydrogen-bond acceptors (Lipinski definition) is 7. The van der Waals surface area contributed by atoms with Crippen molar-refractivity contribution < 1.29 is 23.9 Å². The minimum atomic E-state index is -0.554. The van der Waals surface area contributed by atoms with Crippen LogP contribution in [0, 0.1) is 6.92 Å². The zero-order chi connectivity index (χ0) is 34.9. The fourth-order valence-electron chi connectivity index (χ4n) is 4.91. The first-order valence-electron chi connectivity index (χ1n) is 15.2. The molecule has 5 rings (SSSR count). The molecule has 3 N–H and O–H groups in total. The van der Waals surface area contributed by atoms with Crippen LogP contribution < -0.4 is 31.0 Å². The van der Waals surface area contributed by atoms with Crippen molar-refractivity contribution in [3.8, 4) is 17.2 Å². The molecular formula is C37H35N5O6S. The highest BCUT2D eigenvalue weighted by Crippen LogP contribution is 2.27. The van der Waals surface area contributed by atoms with Gasteiger partial charge in [0.05, 0.1) is 31.4 Å². The summed E-state index contributed by atoms with van der Waals surface area (Å²) in [6, 6.07) is 29.8. The minimum absolute atomic E-state index is 0.00465. The van der Waals surface area contributed by atoms with Gasteiger partial charge in [-0.3, -0.25) is 23.9 Å². The molecular weight excluding hydrogens is 643 g/mol. The predicted octanol–water partition coefficient (Wildman–Crippen LogP) is 5.64. The number of rotatable bonds is 12. The van der Waals surface area contributed by atoms with Crippen molar-refractivity contribution in [2.45, 2.75) is 11.8 Å². The number of nitrogens with one attached hydrogen (secondary N) is 3. The summed E-state index contributed by atoms with van der Waals surface area (Å²) in [5, 5.41) is 8.30. The van der Waals surface area contributed by atoms with Crippen LogP contribution in [0.25, 0.3) is 11.8 Å². The summed E-state index contributed by atoms with van der Waals surface area (Å²) < 4.78 is 14.0. The molecule has 0 saturated heterocycles. The van der Waals surface area contributed by atoms with Crippen molar-refractivity contribution in [1.82, 2.24) is 14.7 Å². The summed E-state index contributed by atoms with van der Waals surface area (Å²) in [6.45, 7) is 1.78. The number of amides is 3. The third-order valence-corrected chi connectivity index (χ3v) is 8.58. The number of methoxy groups -OCH3 is 2. The smallest absolute Gasteiger partial charge is 0.295 e. The molecule has 5 aromatic rings. The van der Waals surface area contributed by atoms with Crippen molar-refractivity contribution in [1.29, 1.82) is 0 Å².